The number of aliphatic carboxylic acids is 1. The van der Waals surface area contributed by atoms with Crippen LogP contribution in [0.1, 0.15) is 40.0 Å². The summed E-state index contributed by atoms with van der Waals surface area (Å²) in [5.41, 5.74) is -0.473. The van der Waals surface area contributed by atoms with Crippen LogP contribution in [0.5, 0.6) is 0 Å². The molecule has 0 saturated carbocycles. The number of rotatable bonds is 5. The van der Waals surface area contributed by atoms with Gasteiger partial charge in [-0.2, -0.15) is 0 Å². The van der Waals surface area contributed by atoms with Crippen LogP contribution >= 0.6 is 0 Å². The third kappa shape index (κ3) is 4.34. The maximum Gasteiger partial charge on any atom is 0.303 e. The molecule has 0 spiro atoms. The lowest BCUT2D eigenvalue weighted by atomic mass is 9.96. The minimum Gasteiger partial charge on any atom is -0.481 e. The highest BCUT2D eigenvalue weighted by molar-refractivity contribution is 5.83. The minimum absolute atomic E-state index is 0.0228. The van der Waals surface area contributed by atoms with Gasteiger partial charge in [-0.1, -0.05) is 6.92 Å². The molecule has 3 N–H and O–H groups in total. The molecule has 1 amide bonds. The van der Waals surface area contributed by atoms with Gasteiger partial charge in [-0.3, -0.25) is 9.59 Å². The number of amides is 1. The Kier molecular flexibility index (Phi) is 4.51. The predicted octanol–water partition coefficient (Wildman–Crippen LogP) is 0.744. The van der Waals surface area contributed by atoms with Gasteiger partial charge in [0.1, 0.15) is 0 Å². The van der Waals surface area contributed by atoms with E-state index in [1.54, 1.807) is 0 Å². The predicted molar refractivity (Wildman–Crippen MR) is 64.7 cm³/mol. The number of hydrogen-bond acceptors (Lipinski definition) is 3. The van der Waals surface area contributed by atoms with Crippen LogP contribution < -0.4 is 10.6 Å². The summed E-state index contributed by atoms with van der Waals surface area (Å²) in [6, 6.07) is -0.140. The van der Waals surface area contributed by atoms with Crippen LogP contribution in [0.25, 0.3) is 0 Å². The molecule has 2 unspecified atom stereocenters. The SMILES string of the molecule is CC1CCNC1C(=O)NC(C)(C)CCC(=O)O. The smallest absolute Gasteiger partial charge is 0.303 e. The van der Waals surface area contributed by atoms with Crippen LogP contribution in [0, 0.1) is 5.92 Å². The second-order valence-corrected chi connectivity index (χ2v) is 5.46. The fraction of sp³-hybridized carbons (Fsp3) is 0.833. The van der Waals surface area contributed by atoms with E-state index in [2.05, 4.69) is 17.6 Å². The first-order chi connectivity index (χ1) is 7.82. The Morgan fingerprint density at radius 1 is 1.47 bits per heavy atom. The molecular formula is C12H22N2O3. The molecule has 5 heteroatoms. The third-order valence-electron chi connectivity index (χ3n) is 3.24. The molecule has 0 aromatic rings. The van der Waals surface area contributed by atoms with E-state index in [9.17, 15) is 9.59 Å². The van der Waals surface area contributed by atoms with Gasteiger partial charge in [0.25, 0.3) is 0 Å². The zero-order valence-electron chi connectivity index (χ0n) is 10.7. The first-order valence-corrected chi connectivity index (χ1v) is 6.09. The van der Waals surface area contributed by atoms with Crippen molar-refractivity contribution in [2.24, 2.45) is 5.92 Å². The van der Waals surface area contributed by atoms with Crippen LogP contribution in [0.2, 0.25) is 0 Å². The van der Waals surface area contributed by atoms with Gasteiger partial charge in [-0.25, -0.2) is 0 Å². The molecule has 1 heterocycles. The molecule has 0 radical (unpaired) electrons. The number of carboxylic acid groups (broad SMARTS) is 1. The van der Waals surface area contributed by atoms with Gasteiger partial charge in [-0.05, 0) is 39.2 Å². The second-order valence-electron chi connectivity index (χ2n) is 5.46. The molecule has 1 saturated heterocycles. The highest BCUT2D eigenvalue weighted by atomic mass is 16.4. The number of carbonyl (C=O) groups is 2. The van der Waals surface area contributed by atoms with Crippen molar-refractivity contribution in [1.82, 2.24) is 10.6 Å². The van der Waals surface area contributed by atoms with Crippen molar-refractivity contribution in [3.05, 3.63) is 0 Å². The Hall–Kier alpha value is -1.10. The average molecular weight is 242 g/mol. The molecule has 2 atom stereocenters. The Labute approximate surface area is 102 Å². The topological polar surface area (TPSA) is 78.4 Å². The highest BCUT2D eigenvalue weighted by Crippen LogP contribution is 2.17. The summed E-state index contributed by atoms with van der Waals surface area (Å²) in [6.45, 7) is 6.63. The lowest BCUT2D eigenvalue weighted by Crippen LogP contribution is -2.51. The number of hydrogen-bond donors (Lipinski definition) is 3. The summed E-state index contributed by atoms with van der Waals surface area (Å²) in [5.74, 6) is -0.518. The summed E-state index contributed by atoms with van der Waals surface area (Å²) in [7, 11) is 0. The standard InChI is InChI=1S/C12H22N2O3/c1-8-5-7-13-10(8)11(17)14-12(2,3)6-4-9(15)16/h8,10,13H,4-7H2,1-3H3,(H,14,17)(H,15,16). The van der Waals surface area contributed by atoms with Gasteiger partial charge < -0.3 is 15.7 Å². The maximum atomic E-state index is 12.0. The van der Waals surface area contributed by atoms with E-state index in [0.717, 1.165) is 13.0 Å². The van der Waals surface area contributed by atoms with Gasteiger partial charge in [0, 0.05) is 12.0 Å². The van der Waals surface area contributed by atoms with Crippen LogP contribution in [-0.4, -0.2) is 35.1 Å². The van der Waals surface area contributed by atoms with Crippen molar-refractivity contribution >= 4 is 11.9 Å². The molecule has 1 aliphatic heterocycles. The Balaban J connectivity index is 2.46. The van der Waals surface area contributed by atoms with Crippen molar-refractivity contribution in [3.63, 3.8) is 0 Å². The van der Waals surface area contributed by atoms with E-state index in [-0.39, 0.29) is 18.4 Å². The van der Waals surface area contributed by atoms with Crippen molar-refractivity contribution < 1.29 is 14.7 Å². The average Bonchev–Trinajstić information content (AvgIpc) is 2.61. The monoisotopic (exact) mass is 242 g/mol. The van der Waals surface area contributed by atoms with E-state index in [0.29, 0.717) is 12.3 Å². The number of nitrogens with one attached hydrogen (secondary N) is 2. The molecule has 0 bridgehead atoms. The fourth-order valence-electron chi connectivity index (χ4n) is 2.08. The Morgan fingerprint density at radius 2 is 2.12 bits per heavy atom. The molecule has 1 fully saturated rings. The molecule has 17 heavy (non-hydrogen) atoms. The number of carboxylic acids is 1. The normalized spacial score (nSPS) is 24.6. The summed E-state index contributed by atoms with van der Waals surface area (Å²) in [5, 5.41) is 14.7. The fourth-order valence-corrected chi connectivity index (χ4v) is 2.08. The first kappa shape index (κ1) is 14.0. The van der Waals surface area contributed by atoms with Crippen molar-refractivity contribution in [2.45, 2.75) is 51.6 Å². The van der Waals surface area contributed by atoms with Crippen LogP contribution in [0.3, 0.4) is 0 Å². The summed E-state index contributed by atoms with van der Waals surface area (Å²) in [6.07, 6.45) is 1.52. The molecule has 0 aromatic carbocycles. The zero-order chi connectivity index (χ0) is 13.1. The Morgan fingerprint density at radius 3 is 2.59 bits per heavy atom. The number of carbonyl (C=O) groups excluding carboxylic acids is 1. The van der Waals surface area contributed by atoms with E-state index >= 15 is 0 Å². The molecule has 0 aromatic heterocycles. The first-order valence-electron chi connectivity index (χ1n) is 6.09. The zero-order valence-corrected chi connectivity index (χ0v) is 10.7. The molecule has 1 aliphatic rings. The molecular weight excluding hydrogens is 220 g/mol. The minimum atomic E-state index is -0.834. The third-order valence-corrected chi connectivity index (χ3v) is 3.24. The summed E-state index contributed by atoms with van der Waals surface area (Å²) >= 11 is 0. The van der Waals surface area contributed by atoms with Crippen molar-refractivity contribution in [2.75, 3.05) is 6.54 Å². The lowest BCUT2D eigenvalue weighted by Gasteiger charge is -2.28. The largest absolute Gasteiger partial charge is 0.481 e. The van der Waals surface area contributed by atoms with Crippen molar-refractivity contribution in [3.8, 4) is 0 Å². The van der Waals surface area contributed by atoms with E-state index < -0.39 is 11.5 Å². The van der Waals surface area contributed by atoms with E-state index in [1.807, 2.05) is 13.8 Å². The van der Waals surface area contributed by atoms with Gasteiger partial charge in [0.15, 0.2) is 0 Å². The van der Waals surface area contributed by atoms with Crippen LogP contribution in [0.15, 0.2) is 0 Å². The van der Waals surface area contributed by atoms with E-state index in [4.69, 9.17) is 5.11 Å². The highest BCUT2D eigenvalue weighted by Gasteiger charge is 2.32. The maximum absolute atomic E-state index is 12.0. The van der Waals surface area contributed by atoms with Gasteiger partial charge in [-0.15, -0.1) is 0 Å². The van der Waals surface area contributed by atoms with Gasteiger partial charge >= 0.3 is 5.97 Å². The Bertz CT molecular complexity index is 302. The summed E-state index contributed by atoms with van der Waals surface area (Å²) in [4.78, 5) is 22.5. The summed E-state index contributed by atoms with van der Waals surface area (Å²) < 4.78 is 0. The molecule has 1 rings (SSSR count). The lowest BCUT2D eigenvalue weighted by molar-refractivity contribution is -0.138. The van der Waals surface area contributed by atoms with Gasteiger partial charge in [0.2, 0.25) is 5.91 Å². The van der Waals surface area contributed by atoms with E-state index in [1.165, 1.54) is 0 Å². The molecule has 5 nitrogen and oxygen atoms in total. The van der Waals surface area contributed by atoms with Crippen LogP contribution in [0.4, 0.5) is 0 Å². The van der Waals surface area contributed by atoms with Gasteiger partial charge in [0.05, 0.1) is 6.04 Å². The quantitative estimate of drug-likeness (QED) is 0.664. The molecule has 98 valence electrons. The molecule has 0 aliphatic carbocycles. The van der Waals surface area contributed by atoms with Crippen molar-refractivity contribution in [1.29, 1.82) is 0 Å². The second kappa shape index (κ2) is 5.49. The van der Waals surface area contributed by atoms with Crippen LogP contribution in [-0.2, 0) is 9.59 Å².